The number of aliphatic carboxylic acids is 1. The van der Waals surface area contributed by atoms with E-state index in [-0.39, 0.29) is 16.7 Å². The van der Waals surface area contributed by atoms with Crippen LogP contribution in [0.15, 0.2) is 83.8 Å². The molecule has 190 valence electrons. The SMILES string of the molecule is Cc1ccc(S(=O)(=O)N2C[C@@H](C(=O)O)[C@H](SCc3ccccc3)C[C@H]2c2ccc(C(C)C)cc2)cc1. The van der Waals surface area contributed by atoms with E-state index in [2.05, 4.69) is 13.8 Å². The Morgan fingerprint density at radius 2 is 1.64 bits per heavy atom. The summed E-state index contributed by atoms with van der Waals surface area (Å²) in [7, 11) is -3.90. The second-order valence-corrected chi connectivity index (χ2v) is 12.9. The van der Waals surface area contributed by atoms with Gasteiger partial charge in [0, 0.05) is 17.5 Å². The molecule has 1 heterocycles. The first kappa shape index (κ1) is 26.5. The standard InChI is InChI=1S/C29H33NO4S2/c1-20(2)23-11-13-24(14-12-23)27-17-28(35-19-22-7-5-4-6-8-22)26(29(31)32)18-30(27)36(33,34)25-15-9-21(3)10-16-25/h4-16,20,26-28H,17-19H2,1-3H3,(H,31,32)/t26-,27+,28-/m1/s1. The zero-order valence-corrected chi connectivity index (χ0v) is 22.5. The Labute approximate surface area is 218 Å². The molecule has 0 radical (unpaired) electrons. The molecule has 3 aromatic carbocycles. The van der Waals surface area contributed by atoms with Crippen molar-refractivity contribution in [2.24, 2.45) is 5.92 Å². The van der Waals surface area contributed by atoms with E-state index in [1.54, 1.807) is 36.0 Å². The van der Waals surface area contributed by atoms with E-state index in [1.165, 1.54) is 9.87 Å². The number of carboxylic acids is 1. The maximum atomic E-state index is 13.8. The van der Waals surface area contributed by atoms with Crippen LogP contribution in [0, 0.1) is 12.8 Å². The lowest BCUT2D eigenvalue weighted by Gasteiger charge is -2.42. The van der Waals surface area contributed by atoms with Crippen molar-refractivity contribution in [2.45, 2.75) is 55.1 Å². The van der Waals surface area contributed by atoms with Gasteiger partial charge in [0.1, 0.15) is 0 Å². The summed E-state index contributed by atoms with van der Waals surface area (Å²) < 4.78 is 29.1. The molecule has 1 N–H and O–H groups in total. The summed E-state index contributed by atoms with van der Waals surface area (Å²) in [5.74, 6) is -0.717. The molecule has 3 aromatic rings. The van der Waals surface area contributed by atoms with Gasteiger partial charge < -0.3 is 5.11 Å². The van der Waals surface area contributed by atoms with Gasteiger partial charge in [-0.15, -0.1) is 0 Å². The molecule has 4 rings (SSSR count). The number of carboxylic acid groups (broad SMARTS) is 1. The second kappa shape index (κ2) is 11.2. The molecule has 0 aromatic heterocycles. The molecular formula is C29H33NO4S2. The fourth-order valence-electron chi connectivity index (χ4n) is 4.66. The van der Waals surface area contributed by atoms with Crippen molar-refractivity contribution in [3.05, 3.63) is 101 Å². The van der Waals surface area contributed by atoms with Crippen molar-refractivity contribution in [1.29, 1.82) is 0 Å². The van der Waals surface area contributed by atoms with E-state index in [0.29, 0.717) is 18.1 Å². The van der Waals surface area contributed by atoms with Gasteiger partial charge in [-0.05, 0) is 48.1 Å². The van der Waals surface area contributed by atoms with Gasteiger partial charge in [0.05, 0.1) is 16.9 Å². The number of aryl methyl sites for hydroxylation is 1. The normalized spacial score (nSPS) is 20.9. The van der Waals surface area contributed by atoms with Crippen LogP contribution in [0.25, 0.3) is 0 Å². The second-order valence-electron chi connectivity index (χ2n) is 9.74. The van der Waals surface area contributed by atoms with Crippen molar-refractivity contribution in [2.75, 3.05) is 6.54 Å². The number of nitrogens with zero attached hydrogens (tertiary/aromatic N) is 1. The Hall–Kier alpha value is -2.61. The molecule has 1 aliphatic rings. The van der Waals surface area contributed by atoms with E-state index >= 15 is 0 Å². The average molecular weight is 524 g/mol. The summed E-state index contributed by atoms with van der Waals surface area (Å²) in [5.41, 5.74) is 4.17. The molecule has 0 amide bonds. The predicted octanol–water partition coefficient (Wildman–Crippen LogP) is 6.26. The highest BCUT2D eigenvalue weighted by Crippen LogP contribution is 2.43. The van der Waals surface area contributed by atoms with Gasteiger partial charge in [-0.25, -0.2) is 8.42 Å². The van der Waals surface area contributed by atoms with Crippen LogP contribution < -0.4 is 0 Å². The van der Waals surface area contributed by atoms with Crippen LogP contribution in [0.3, 0.4) is 0 Å². The van der Waals surface area contributed by atoms with Gasteiger partial charge >= 0.3 is 5.97 Å². The Kier molecular flexibility index (Phi) is 8.23. The van der Waals surface area contributed by atoms with Crippen LogP contribution in [-0.4, -0.2) is 35.6 Å². The maximum absolute atomic E-state index is 13.8. The van der Waals surface area contributed by atoms with Crippen molar-refractivity contribution < 1.29 is 18.3 Å². The minimum atomic E-state index is -3.90. The number of rotatable bonds is 8. The first-order valence-corrected chi connectivity index (χ1v) is 14.7. The number of benzene rings is 3. The number of thioether (sulfide) groups is 1. The van der Waals surface area contributed by atoms with Crippen LogP contribution in [0.5, 0.6) is 0 Å². The topological polar surface area (TPSA) is 74.7 Å². The quantitative estimate of drug-likeness (QED) is 0.377. The Balaban J connectivity index is 1.71. The molecule has 3 atom stereocenters. The lowest BCUT2D eigenvalue weighted by molar-refractivity contribution is -0.143. The molecule has 1 fully saturated rings. The highest BCUT2D eigenvalue weighted by molar-refractivity contribution is 7.99. The average Bonchev–Trinajstić information content (AvgIpc) is 2.87. The molecule has 1 saturated heterocycles. The third-order valence-electron chi connectivity index (χ3n) is 6.87. The number of hydrogen-bond donors (Lipinski definition) is 1. The number of carbonyl (C=O) groups is 1. The molecule has 0 bridgehead atoms. The van der Waals surface area contributed by atoms with Gasteiger partial charge in [0.25, 0.3) is 0 Å². The highest BCUT2D eigenvalue weighted by Gasteiger charge is 2.45. The molecule has 36 heavy (non-hydrogen) atoms. The van der Waals surface area contributed by atoms with Crippen molar-refractivity contribution >= 4 is 27.8 Å². The number of hydrogen-bond acceptors (Lipinski definition) is 4. The summed E-state index contributed by atoms with van der Waals surface area (Å²) in [6.07, 6.45) is 0.431. The Morgan fingerprint density at radius 1 is 1.00 bits per heavy atom. The van der Waals surface area contributed by atoms with E-state index in [1.807, 2.05) is 61.5 Å². The first-order valence-electron chi connectivity index (χ1n) is 12.2. The van der Waals surface area contributed by atoms with E-state index in [9.17, 15) is 18.3 Å². The van der Waals surface area contributed by atoms with Gasteiger partial charge in [-0.1, -0.05) is 86.1 Å². The minimum Gasteiger partial charge on any atom is -0.481 e. The zero-order chi connectivity index (χ0) is 25.9. The van der Waals surface area contributed by atoms with E-state index < -0.39 is 28.0 Å². The molecule has 0 unspecified atom stereocenters. The Bertz CT molecular complexity index is 1270. The summed E-state index contributed by atoms with van der Waals surface area (Å²) in [6.45, 7) is 6.09. The molecule has 0 aliphatic carbocycles. The maximum Gasteiger partial charge on any atom is 0.308 e. The van der Waals surface area contributed by atoms with Gasteiger partial charge in [0.15, 0.2) is 0 Å². The Morgan fingerprint density at radius 3 is 2.22 bits per heavy atom. The highest BCUT2D eigenvalue weighted by atomic mass is 32.2. The monoisotopic (exact) mass is 523 g/mol. The third kappa shape index (κ3) is 5.85. The fourth-order valence-corrected chi connectivity index (χ4v) is 7.66. The molecule has 1 aliphatic heterocycles. The van der Waals surface area contributed by atoms with Gasteiger partial charge in [-0.2, -0.15) is 16.1 Å². The number of piperidine rings is 1. The fraction of sp³-hybridized carbons (Fsp3) is 0.345. The molecule has 0 saturated carbocycles. The van der Waals surface area contributed by atoms with Crippen LogP contribution in [-0.2, 0) is 20.6 Å². The minimum absolute atomic E-state index is 0.0609. The summed E-state index contributed by atoms with van der Waals surface area (Å²) >= 11 is 1.60. The molecule has 7 heteroatoms. The smallest absolute Gasteiger partial charge is 0.308 e. The van der Waals surface area contributed by atoms with E-state index in [0.717, 1.165) is 16.7 Å². The van der Waals surface area contributed by atoms with Crippen molar-refractivity contribution in [1.82, 2.24) is 4.31 Å². The lowest BCUT2D eigenvalue weighted by atomic mass is 9.89. The molecule has 5 nitrogen and oxygen atoms in total. The van der Waals surface area contributed by atoms with E-state index in [4.69, 9.17) is 0 Å². The van der Waals surface area contributed by atoms with Crippen LogP contribution in [0.4, 0.5) is 0 Å². The zero-order valence-electron chi connectivity index (χ0n) is 20.9. The molecule has 0 spiro atoms. The predicted molar refractivity (Wildman–Crippen MR) is 146 cm³/mol. The van der Waals surface area contributed by atoms with Crippen molar-refractivity contribution in [3.8, 4) is 0 Å². The summed E-state index contributed by atoms with van der Waals surface area (Å²) in [5, 5.41) is 9.90. The van der Waals surface area contributed by atoms with Crippen molar-refractivity contribution in [3.63, 3.8) is 0 Å². The largest absolute Gasteiger partial charge is 0.481 e. The summed E-state index contributed by atoms with van der Waals surface area (Å²) in [4.78, 5) is 12.5. The van der Waals surface area contributed by atoms with Crippen LogP contribution in [0.2, 0.25) is 0 Å². The molecular weight excluding hydrogens is 490 g/mol. The van der Waals surface area contributed by atoms with Crippen LogP contribution >= 0.6 is 11.8 Å². The summed E-state index contributed by atoms with van der Waals surface area (Å²) in [6, 6.07) is 24.4. The lowest BCUT2D eigenvalue weighted by Crippen LogP contribution is -2.49. The van der Waals surface area contributed by atoms with Gasteiger partial charge in [0.2, 0.25) is 10.0 Å². The number of sulfonamides is 1. The van der Waals surface area contributed by atoms with Crippen LogP contribution in [0.1, 0.15) is 54.5 Å². The van der Waals surface area contributed by atoms with Gasteiger partial charge in [-0.3, -0.25) is 4.79 Å². The first-order chi connectivity index (χ1) is 17.2. The third-order valence-corrected chi connectivity index (χ3v) is 10.2.